The molecule has 0 amide bonds. The van der Waals surface area contributed by atoms with E-state index in [-0.39, 0.29) is 5.95 Å². The van der Waals surface area contributed by atoms with Crippen LogP contribution in [0.3, 0.4) is 0 Å². The highest BCUT2D eigenvalue weighted by atomic mass is 32.2. The third kappa shape index (κ3) is 4.72. The standard InChI is InChI=1S/C21H28N8S/c1-3-15-9-7-8-12-17(15)23-20-25-18(24-19(22)26-20)13-30-21-28-27-14(2)29(21)16-10-5-4-6-11-16/h7-9,12,16H,3-6,10-11,13H2,1-2H3,(H3,22,23,24,25,26). The van der Waals surface area contributed by atoms with Gasteiger partial charge < -0.3 is 15.6 Å². The zero-order chi connectivity index (χ0) is 20.9. The van der Waals surface area contributed by atoms with E-state index < -0.39 is 0 Å². The quantitative estimate of drug-likeness (QED) is 0.535. The van der Waals surface area contributed by atoms with E-state index in [0.717, 1.165) is 23.1 Å². The molecule has 30 heavy (non-hydrogen) atoms. The van der Waals surface area contributed by atoms with Gasteiger partial charge in [0.15, 0.2) is 5.16 Å². The zero-order valence-corrected chi connectivity index (χ0v) is 18.3. The highest BCUT2D eigenvalue weighted by molar-refractivity contribution is 7.98. The van der Waals surface area contributed by atoms with Crippen molar-refractivity contribution in [1.82, 2.24) is 29.7 Å². The molecule has 0 spiro atoms. The second kappa shape index (κ2) is 9.42. The highest BCUT2D eigenvalue weighted by Crippen LogP contribution is 2.33. The Morgan fingerprint density at radius 1 is 1.10 bits per heavy atom. The van der Waals surface area contributed by atoms with Crippen LogP contribution in [0.15, 0.2) is 29.4 Å². The number of rotatable bonds is 7. The number of nitrogens with one attached hydrogen (secondary N) is 1. The molecule has 8 nitrogen and oxygen atoms in total. The lowest BCUT2D eigenvalue weighted by Crippen LogP contribution is -2.15. The van der Waals surface area contributed by atoms with E-state index >= 15 is 0 Å². The molecule has 0 atom stereocenters. The summed E-state index contributed by atoms with van der Waals surface area (Å²) in [7, 11) is 0. The van der Waals surface area contributed by atoms with E-state index in [1.54, 1.807) is 11.8 Å². The molecular weight excluding hydrogens is 396 g/mol. The fraction of sp³-hybridized carbons (Fsp3) is 0.476. The van der Waals surface area contributed by atoms with Gasteiger partial charge in [-0.25, -0.2) is 0 Å². The van der Waals surface area contributed by atoms with Gasteiger partial charge in [-0.1, -0.05) is 56.1 Å². The molecule has 3 N–H and O–H groups in total. The first-order valence-corrected chi connectivity index (χ1v) is 11.5. The molecule has 2 aromatic heterocycles. The highest BCUT2D eigenvalue weighted by Gasteiger charge is 2.21. The molecule has 9 heteroatoms. The third-order valence-corrected chi connectivity index (χ3v) is 6.39. The van der Waals surface area contributed by atoms with Crippen LogP contribution in [0, 0.1) is 6.92 Å². The number of para-hydroxylation sites is 1. The van der Waals surface area contributed by atoms with Gasteiger partial charge in [-0.05, 0) is 37.8 Å². The van der Waals surface area contributed by atoms with Crippen molar-refractivity contribution in [2.75, 3.05) is 11.1 Å². The minimum atomic E-state index is 0.210. The lowest BCUT2D eigenvalue weighted by molar-refractivity contribution is 0.332. The average molecular weight is 425 g/mol. The normalized spacial score (nSPS) is 14.7. The Morgan fingerprint density at radius 3 is 2.70 bits per heavy atom. The second-order valence-electron chi connectivity index (χ2n) is 7.55. The second-order valence-corrected chi connectivity index (χ2v) is 8.49. The van der Waals surface area contributed by atoms with Gasteiger partial charge in [-0.3, -0.25) is 0 Å². The number of hydrogen-bond donors (Lipinski definition) is 2. The van der Waals surface area contributed by atoms with Crippen molar-refractivity contribution in [3.63, 3.8) is 0 Å². The van der Waals surface area contributed by atoms with E-state index in [9.17, 15) is 0 Å². The van der Waals surface area contributed by atoms with Crippen molar-refractivity contribution in [3.8, 4) is 0 Å². The first kappa shape index (κ1) is 20.6. The number of aryl methyl sites for hydroxylation is 2. The Morgan fingerprint density at radius 2 is 1.90 bits per heavy atom. The van der Waals surface area contributed by atoms with Crippen molar-refractivity contribution >= 4 is 29.3 Å². The van der Waals surface area contributed by atoms with Crippen LogP contribution in [-0.4, -0.2) is 29.7 Å². The number of anilines is 3. The largest absolute Gasteiger partial charge is 0.368 e. The first-order chi connectivity index (χ1) is 14.6. The monoisotopic (exact) mass is 424 g/mol. The van der Waals surface area contributed by atoms with Crippen molar-refractivity contribution in [3.05, 3.63) is 41.5 Å². The average Bonchev–Trinajstić information content (AvgIpc) is 3.13. The van der Waals surface area contributed by atoms with Crippen LogP contribution >= 0.6 is 11.8 Å². The van der Waals surface area contributed by atoms with E-state index in [1.165, 1.54) is 37.7 Å². The van der Waals surface area contributed by atoms with Gasteiger partial charge in [0.2, 0.25) is 11.9 Å². The molecule has 0 saturated heterocycles. The number of nitrogens with zero attached hydrogens (tertiary/aromatic N) is 6. The minimum absolute atomic E-state index is 0.210. The first-order valence-electron chi connectivity index (χ1n) is 10.5. The van der Waals surface area contributed by atoms with E-state index in [2.05, 4.69) is 48.0 Å². The molecule has 1 aliphatic carbocycles. The summed E-state index contributed by atoms with van der Waals surface area (Å²) >= 11 is 1.60. The summed E-state index contributed by atoms with van der Waals surface area (Å²) in [6.07, 6.45) is 7.16. The van der Waals surface area contributed by atoms with Crippen molar-refractivity contribution in [2.24, 2.45) is 0 Å². The summed E-state index contributed by atoms with van der Waals surface area (Å²) in [5.74, 6) is 2.82. The topological polar surface area (TPSA) is 107 Å². The molecular formula is C21H28N8S. The molecule has 1 aliphatic rings. The van der Waals surface area contributed by atoms with E-state index in [4.69, 9.17) is 5.73 Å². The predicted molar refractivity (Wildman–Crippen MR) is 120 cm³/mol. The number of hydrogen-bond acceptors (Lipinski definition) is 8. The molecule has 3 aromatic rings. The van der Waals surface area contributed by atoms with Crippen LogP contribution < -0.4 is 11.1 Å². The van der Waals surface area contributed by atoms with Crippen LogP contribution in [0.5, 0.6) is 0 Å². The maximum absolute atomic E-state index is 5.96. The number of benzene rings is 1. The summed E-state index contributed by atoms with van der Waals surface area (Å²) in [6, 6.07) is 8.61. The molecule has 1 fully saturated rings. The number of nitrogens with two attached hydrogens (primary N) is 1. The van der Waals surface area contributed by atoms with Gasteiger partial charge in [0.1, 0.15) is 11.6 Å². The van der Waals surface area contributed by atoms with Crippen molar-refractivity contribution < 1.29 is 0 Å². The van der Waals surface area contributed by atoms with Crippen LogP contribution in [-0.2, 0) is 12.2 Å². The minimum Gasteiger partial charge on any atom is -0.368 e. The lowest BCUT2D eigenvalue weighted by atomic mass is 9.95. The van der Waals surface area contributed by atoms with Crippen LogP contribution in [0.1, 0.15) is 62.3 Å². The van der Waals surface area contributed by atoms with Crippen LogP contribution in [0.2, 0.25) is 0 Å². The summed E-state index contributed by atoms with van der Waals surface area (Å²) in [5, 5.41) is 12.9. The predicted octanol–water partition coefficient (Wildman–Crippen LogP) is 4.46. The fourth-order valence-electron chi connectivity index (χ4n) is 3.97. The Bertz CT molecular complexity index is 996. The zero-order valence-electron chi connectivity index (χ0n) is 17.5. The van der Waals surface area contributed by atoms with E-state index in [1.807, 2.05) is 25.1 Å². The third-order valence-electron chi connectivity index (χ3n) is 5.45. The Labute approximate surface area is 181 Å². The molecule has 2 heterocycles. The molecule has 4 rings (SSSR count). The Balaban J connectivity index is 1.50. The number of thioether (sulfide) groups is 1. The number of nitrogen functional groups attached to an aromatic ring is 1. The molecule has 1 aromatic carbocycles. The molecule has 1 saturated carbocycles. The molecule has 158 valence electrons. The van der Waals surface area contributed by atoms with Crippen LogP contribution in [0.25, 0.3) is 0 Å². The summed E-state index contributed by atoms with van der Waals surface area (Å²) in [6.45, 7) is 4.15. The van der Waals surface area contributed by atoms with Gasteiger partial charge in [0, 0.05) is 11.7 Å². The van der Waals surface area contributed by atoms with Gasteiger partial charge >= 0.3 is 0 Å². The molecule has 0 radical (unpaired) electrons. The maximum Gasteiger partial charge on any atom is 0.232 e. The molecule has 0 aliphatic heterocycles. The van der Waals surface area contributed by atoms with Gasteiger partial charge in [0.25, 0.3) is 0 Å². The van der Waals surface area contributed by atoms with Gasteiger partial charge in [0.05, 0.1) is 5.75 Å². The Hall–Kier alpha value is -2.68. The summed E-state index contributed by atoms with van der Waals surface area (Å²) in [5.41, 5.74) is 8.14. The van der Waals surface area contributed by atoms with Crippen molar-refractivity contribution in [1.29, 1.82) is 0 Å². The SMILES string of the molecule is CCc1ccccc1Nc1nc(N)nc(CSc2nnc(C)n2C2CCCCC2)n1. The maximum atomic E-state index is 5.96. The summed E-state index contributed by atoms with van der Waals surface area (Å²) in [4.78, 5) is 13.2. The van der Waals surface area contributed by atoms with Gasteiger partial charge in [-0.2, -0.15) is 15.0 Å². The lowest BCUT2D eigenvalue weighted by Gasteiger charge is -2.24. The smallest absolute Gasteiger partial charge is 0.232 e. The fourth-order valence-corrected chi connectivity index (χ4v) is 4.87. The Kier molecular flexibility index (Phi) is 6.47. The van der Waals surface area contributed by atoms with E-state index in [0.29, 0.717) is 23.6 Å². The van der Waals surface area contributed by atoms with Crippen molar-refractivity contribution in [2.45, 2.75) is 69.3 Å². The van der Waals surface area contributed by atoms with Gasteiger partial charge in [-0.15, -0.1) is 10.2 Å². The molecule has 0 bridgehead atoms. The molecule has 0 unspecified atom stereocenters. The summed E-state index contributed by atoms with van der Waals surface area (Å²) < 4.78 is 2.28. The van der Waals surface area contributed by atoms with Crippen LogP contribution in [0.4, 0.5) is 17.6 Å². The number of aromatic nitrogens is 6.